The van der Waals surface area contributed by atoms with Crippen LogP contribution in [0.1, 0.15) is 26.7 Å². The summed E-state index contributed by atoms with van der Waals surface area (Å²) in [5.74, 6) is 0. The summed E-state index contributed by atoms with van der Waals surface area (Å²) in [7, 11) is 4.02. The van der Waals surface area contributed by atoms with Crippen molar-refractivity contribution in [2.45, 2.75) is 38.8 Å². The van der Waals surface area contributed by atoms with Crippen molar-refractivity contribution in [1.82, 2.24) is 15.1 Å². The third kappa shape index (κ3) is 4.84. The van der Waals surface area contributed by atoms with Crippen LogP contribution in [0.25, 0.3) is 0 Å². The smallest absolute Gasteiger partial charge is 0.0630 e. The van der Waals surface area contributed by atoms with Crippen LogP contribution in [-0.4, -0.2) is 75.4 Å². The van der Waals surface area contributed by atoms with Crippen LogP contribution in [-0.2, 0) is 4.74 Å². The Morgan fingerprint density at radius 1 is 1.44 bits per heavy atom. The second-order valence-corrected chi connectivity index (χ2v) is 5.28. The molecule has 2 unspecified atom stereocenters. The van der Waals surface area contributed by atoms with Gasteiger partial charge >= 0.3 is 0 Å². The summed E-state index contributed by atoms with van der Waals surface area (Å²) in [6, 6.07) is 1.22. The molecule has 1 N–H and O–H groups in total. The van der Waals surface area contributed by atoms with E-state index >= 15 is 0 Å². The lowest BCUT2D eigenvalue weighted by molar-refractivity contribution is 0.0878. The van der Waals surface area contributed by atoms with Gasteiger partial charge in [0.15, 0.2) is 0 Å². The van der Waals surface area contributed by atoms with E-state index in [0.29, 0.717) is 6.04 Å². The molecule has 0 aliphatic carbocycles. The second kappa shape index (κ2) is 8.86. The highest BCUT2D eigenvalue weighted by Crippen LogP contribution is 2.17. The fourth-order valence-corrected chi connectivity index (χ4v) is 2.85. The Morgan fingerprint density at radius 2 is 2.22 bits per heavy atom. The first-order chi connectivity index (χ1) is 8.72. The highest BCUT2D eigenvalue weighted by molar-refractivity contribution is 4.83. The second-order valence-electron chi connectivity index (χ2n) is 5.28. The van der Waals surface area contributed by atoms with E-state index in [-0.39, 0.29) is 0 Å². The Balaban J connectivity index is 2.41. The molecular weight excluding hydrogens is 226 g/mol. The van der Waals surface area contributed by atoms with Crippen molar-refractivity contribution < 1.29 is 4.74 Å². The fourth-order valence-electron chi connectivity index (χ4n) is 2.85. The van der Waals surface area contributed by atoms with E-state index in [1.165, 1.54) is 25.9 Å². The Morgan fingerprint density at radius 3 is 2.83 bits per heavy atom. The molecule has 0 amide bonds. The minimum atomic E-state index is 0.481. The van der Waals surface area contributed by atoms with Gasteiger partial charge in [-0.1, -0.05) is 13.8 Å². The van der Waals surface area contributed by atoms with Crippen molar-refractivity contribution >= 4 is 0 Å². The minimum Gasteiger partial charge on any atom is -0.383 e. The van der Waals surface area contributed by atoms with Crippen LogP contribution < -0.4 is 5.32 Å². The van der Waals surface area contributed by atoms with Crippen LogP contribution in [0.2, 0.25) is 0 Å². The van der Waals surface area contributed by atoms with Gasteiger partial charge in [0.1, 0.15) is 0 Å². The van der Waals surface area contributed by atoms with Gasteiger partial charge in [-0.3, -0.25) is 9.80 Å². The van der Waals surface area contributed by atoms with E-state index < -0.39 is 0 Å². The van der Waals surface area contributed by atoms with Crippen LogP contribution in [0.4, 0.5) is 0 Å². The number of likely N-dealkylation sites (tertiary alicyclic amines) is 1. The topological polar surface area (TPSA) is 27.7 Å². The number of rotatable bonds is 9. The monoisotopic (exact) mass is 257 g/mol. The van der Waals surface area contributed by atoms with Crippen molar-refractivity contribution in [3.8, 4) is 0 Å². The zero-order valence-electron chi connectivity index (χ0n) is 12.6. The van der Waals surface area contributed by atoms with Crippen molar-refractivity contribution in [1.29, 1.82) is 0 Å². The third-order valence-electron chi connectivity index (χ3n) is 4.02. The maximum absolute atomic E-state index is 5.34. The molecule has 2 atom stereocenters. The molecule has 0 aromatic heterocycles. The summed E-state index contributed by atoms with van der Waals surface area (Å²) in [4.78, 5) is 5.07. The quantitative estimate of drug-likeness (QED) is 0.668. The van der Waals surface area contributed by atoms with E-state index in [9.17, 15) is 0 Å². The molecule has 0 bridgehead atoms. The summed E-state index contributed by atoms with van der Waals surface area (Å²) in [5, 5.41) is 3.43. The molecule has 18 heavy (non-hydrogen) atoms. The van der Waals surface area contributed by atoms with Crippen molar-refractivity contribution in [2.75, 3.05) is 53.5 Å². The van der Waals surface area contributed by atoms with Crippen LogP contribution in [0.5, 0.6) is 0 Å². The van der Waals surface area contributed by atoms with E-state index in [0.717, 1.165) is 32.3 Å². The summed E-state index contributed by atoms with van der Waals surface area (Å²) < 4.78 is 5.34. The van der Waals surface area contributed by atoms with Gasteiger partial charge in [-0.15, -0.1) is 0 Å². The molecule has 1 heterocycles. The number of likely N-dealkylation sites (N-methyl/N-ethyl adjacent to an activating group) is 3. The summed E-state index contributed by atoms with van der Waals surface area (Å²) in [6.07, 6.45) is 2.70. The number of hydrogen-bond acceptors (Lipinski definition) is 4. The Labute approximate surface area is 113 Å². The molecule has 0 aromatic rings. The molecule has 1 saturated heterocycles. The highest BCUT2D eigenvalue weighted by atomic mass is 16.5. The first-order valence-corrected chi connectivity index (χ1v) is 7.36. The molecule has 0 aromatic carbocycles. The lowest BCUT2D eigenvalue weighted by Gasteiger charge is -2.33. The minimum absolute atomic E-state index is 0.481. The van der Waals surface area contributed by atoms with Gasteiger partial charge in [-0.05, 0) is 39.5 Å². The molecule has 1 aliphatic heterocycles. The molecule has 0 radical (unpaired) electrons. The molecule has 108 valence electrons. The number of ether oxygens (including phenoxy) is 1. The Hall–Kier alpha value is -0.160. The molecule has 0 spiro atoms. The number of nitrogens with zero attached hydrogens (tertiary/aromatic N) is 2. The van der Waals surface area contributed by atoms with Crippen LogP contribution >= 0.6 is 0 Å². The number of nitrogens with one attached hydrogen (secondary N) is 1. The maximum Gasteiger partial charge on any atom is 0.0630 e. The van der Waals surface area contributed by atoms with Gasteiger partial charge in [-0.25, -0.2) is 0 Å². The lowest BCUT2D eigenvalue weighted by Crippen LogP contribution is -2.48. The van der Waals surface area contributed by atoms with E-state index in [2.05, 4.69) is 36.0 Å². The Bertz CT molecular complexity index is 213. The molecule has 1 fully saturated rings. The normalized spacial score (nSPS) is 22.8. The molecule has 4 heteroatoms. The SMILES string of the molecule is CCNCC(COC)N(C)CC1CCCN1CC. The maximum atomic E-state index is 5.34. The van der Waals surface area contributed by atoms with Gasteiger partial charge in [0.25, 0.3) is 0 Å². The van der Waals surface area contributed by atoms with Crippen LogP contribution in [0.15, 0.2) is 0 Å². The molecule has 4 nitrogen and oxygen atoms in total. The predicted octanol–water partition coefficient (Wildman–Crippen LogP) is 1.03. The summed E-state index contributed by atoms with van der Waals surface area (Å²) in [6.45, 7) is 10.9. The van der Waals surface area contributed by atoms with E-state index in [4.69, 9.17) is 4.74 Å². The summed E-state index contributed by atoms with van der Waals surface area (Å²) in [5.41, 5.74) is 0. The van der Waals surface area contributed by atoms with Crippen LogP contribution in [0.3, 0.4) is 0 Å². The van der Waals surface area contributed by atoms with Gasteiger partial charge < -0.3 is 10.1 Å². The Kier molecular flexibility index (Phi) is 7.82. The van der Waals surface area contributed by atoms with E-state index in [1.54, 1.807) is 7.11 Å². The molecule has 1 rings (SSSR count). The summed E-state index contributed by atoms with van der Waals surface area (Å²) >= 11 is 0. The number of methoxy groups -OCH3 is 1. The average Bonchev–Trinajstić information content (AvgIpc) is 2.81. The largest absolute Gasteiger partial charge is 0.383 e. The average molecular weight is 257 g/mol. The molecule has 1 aliphatic rings. The third-order valence-corrected chi connectivity index (χ3v) is 4.02. The zero-order valence-corrected chi connectivity index (χ0v) is 12.6. The predicted molar refractivity (Wildman–Crippen MR) is 77.1 cm³/mol. The van der Waals surface area contributed by atoms with Gasteiger partial charge in [0, 0.05) is 32.3 Å². The molecular formula is C14H31N3O. The van der Waals surface area contributed by atoms with Crippen molar-refractivity contribution in [2.24, 2.45) is 0 Å². The van der Waals surface area contributed by atoms with Crippen molar-refractivity contribution in [3.05, 3.63) is 0 Å². The van der Waals surface area contributed by atoms with E-state index in [1.807, 2.05) is 0 Å². The fraction of sp³-hybridized carbons (Fsp3) is 1.00. The lowest BCUT2D eigenvalue weighted by atomic mass is 10.1. The molecule has 0 saturated carbocycles. The standard InChI is InChI=1S/C14H31N3O/c1-5-15-10-14(12-18-4)16(3)11-13-8-7-9-17(13)6-2/h13-15H,5-12H2,1-4H3. The van der Waals surface area contributed by atoms with Gasteiger partial charge in [0.05, 0.1) is 6.61 Å². The first-order valence-electron chi connectivity index (χ1n) is 7.36. The van der Waals surface area contributed by atoms with Gasteiger partial charge in [-0.2, -0.15) is 0 Å². The first kappa shape index (κ1) is 15.9. The highest BCUT2D eigenvalue weighted by Gasteiger charge is 2.26. The van der Waals surface area contributed by atoms with Crippen molar-refractivity contribution in [3.63, 3.8) is 0 Å². The van der Waals surface area contributed by atoms with Gasteiger partial charge in [0.2, 0.25) is 0 Å². The number of hydrogen-bond donors (Lipinski definition) is 1. The van der Waals surface area contributed by atoms with Crippen LogP contribution in [0, 0.1) is 0 Å². The zero-order chi connectivity index (χ0) is 13.4.